The fourth-order valence-corrected chi connectivity index (χ4v) is 4.49. The number of hydrogen-bond acceptors (Lipinski definition) is 3. The molecule has 5 heteroatoms. The number of anilines is 1. The van der Waals surface area contributed by atoms with Crippen molar-refractivity contribution in [1.29, 1.82) is 0 Å². The van der Waals surface area contributed by atoms with Crippen LogP contribution in [0.2, 0.25) is 0 Å². The van der Waals surface area contributed by atoms with Gasteiger partial charge in [0.15, 0.2) is 0 Å². The predicted octanol–water partition coefficient (Wildman–Crippen LogP) is 1.81. The lowest BCUT2D eigenvalue weighted by molar-refractivity contribution is 0.567. The molecule has 0 saturated carbocycles. The first-order valence-electron chi connectivity index (χ1n) is 6.81. The van der Waals surface area contributed by atoms with E-state index in [0.29, 0.717) is 13.0 Å². The fourth-order valence-electron chi connectivity index (χ4n) is 2.63. The van der Waals surface area contributed by atoms with Crippen molar-refractivity contribution in [1.82, 2.24) is 0 Å². The van der Waals surface area contributed by atoms with Crippen LogP contribution in [0.4, 0.5) is 5.69 Å². The molecule has 0 amide bonds. The highest BCUT2D eigenvalue weighted by Gasteiger charge is 2.32. The Morgan fingerprint density at radius 2 is 2.16 bits per heavy atom. The largest absolute Gasteiger partial charge is 0.329 e. The lowest BCUT2D eigenvalue weighted by Gasteiger charge is -2.33. The summed E-state index contributed by atoms with van der Waals surface area (Å²) in [6.45, 7) is 4.64. The molecule has 1 atom stereocenters. The highest BCUT2D eigenvalue weighted by atomic mass is 32.2. The molecule has 1 aliphatic rings. The van der Waals surface area contributed by atoms with Gasteiger partial charge in [0.2, 0.25) is 10.0 Å². The molecule has 0 fully saturated rings. The monoisotopic (exact) mass is 282 g/mol. The first-order chi connectivity index (χ1) is 9.00. The van der Waals surface area contributed by atoms with Crippen molar-refractivity contribution in [2.24, 2.45) is 5.73 Å². The van der Waals surface area contributed by atoms with Gasteiger partial charge in [-0.3, -0.25) is 4.31 Å². The van der Waals surface area contributed by atoms with Crippen LogP contribution in [0.1, 0.15) is 30.9 Å². The molecule has 2 N–H and O–H groups in total. The van der Waals surface area contributed by atoms with E-state index in [9.17, 15) is 8.42 Å². The highest BCUT2D eigenvalue weighted by molar-refractivity contribution is 7.93. The summed E-state index contributed by atoms with van der Waals surface area (Å²) in [6.07, 6.45) is 2.37. The van der Waals surface area contributed by atoms with Crippen molar-refractivity contribution in [2.45, 2.75) is 38.4 Å². The van der Waals surface area contributed by atoms with Crippen LogP contribution in [0.3, 0.4) is 0 Å². The molecule has 2 rings (SSSR count). The smallest absolute Gasteiger partial charge is 0.239 e. The maximum atomic E-state index is 12.6. The zero-order valence-corrected chi connectivity index (χ0v) is 12.4. The van der Waals surface area contributed by atoms with Crippen molar-refractivity contribution < 1.29 is 8.42 Å². The first kappa shape index (κ1) is 14.3. The Kier molecular flexibility index (Phi) is 4.16. The molecule has 19 heavy (non-hydrogen) atoms. The molecule has 1 aromatic carbocycles. The quantitative estimate of drug-likeness (QED) is 0.916. The predicted molar refractivity (Wildman–Crippen MR) is 78.9 cm³/mol. The van der Waals surface area contributed by atoms with Crippen LogP contribution in [-0.4, -0.2) is 26.8 Å². The highest BCUT2D eigenvalue weighted by Crippen LogP contribution is 2.31. The lowest BCUT2D eigenvalue weighted by atomic mass is 10.0. The van der Waals surface area contributed by atoms with Crippen LogP contribution < -0.4 is 10.0 Å². The van der Waals surface area contributed by atoms with Gasteiger partial charge in [0.1, 0.15) is 0 Å². The molecule has 0 bridgehead atoms. The van der Waals surface area contributed by atoms with E-state index in [1.807, 2.05) is 26.0 Å². The number of nitrogens with two attached hydrogens (primary N) is 1. The van der Waals surface area contributed by atoms with Crippen molar-refractivity contribution in [3.8, 4) is 0 Å². The number of sulfonamides is 1. The third-order valence-electron chi connectivity index (χ3n) is 3.76. The molecule has 0 radical (unpaired) electrons. The van der Waals surface area contributed by atoms with Crippen molar-refractivity contribution in [3.63, 3.8) is 0 Å². The molecule has 0 aliphatic carbocycles. The van der Waals surface area contributed by atoms with E-state index in [4.69, 9.17) is 5.73 Å². The second-order valence-electron chi connectivity index (χ2n) is 5.12. The number of benzene rings is 1. The molecule has 106 valence electrons. The molecule has 1 aliphatic heterocycles. The fraction of sp³-hybridized carbons (Fsp3) is 0.571. The average molecular weight is 282 g/mol. The van der Waals surface area contributed by atoms with Crippen LogP contribution in [-0.2, 0) is 16.4 Å². The maximum Gasteiger partial charge on any atom is 0.239 e. The lowest BCUT2D eigenvalue weighted by Crippen LogP contribution is -2.44. The van der Waals surface area contributed by atoms with Crippen LogP contribution in [0.15, 0.2) is 18.2 Å². The van der Waals surface area contributed by atoms with Gasteiger partial charge in [-0.25, -0.2) is 8.42 Å². The molecule has 1 heterocycles. The molecular weight excluding hydrogens is 260 g/mol. The van der Waals surface area contributed by atoms with E-state index >= 15 is 0 Å². The third-order valence-corrected chi connectivity index (χ3v) is 6.12. The normalized spacial score (nSPS) is 17.1. The van der Waals surface area contributed by atoms with Gasteiger partial charge in [0, 0.05) is 13.1 Å². The van der Waals surface area contributed by atoms with Crippen LogP contribution >= 0.6 is 0 Å². The topological polar surface area (TPSA) is 63.4 Å². The molecule has 0 aromatic heterocycles. The van der Waals surface area contributed by atoms with Gasteiger partial charge in [-0.15, -0.1) is 0 Å². The van der Waals surface area contributed by atoms with E-state index < -0.39 is 15.3 Å². The van der Waals surface area contributed by atoms with Crippen LogP contribution in [0, 0.1) is 6.92 Å². The van der Waals surface area contributed by atoms with E-state index in [1.165, 1.54) is 5.56 Å². The van der Waals surface area contributed by atoms with Gasteiger partial charge in [-0.2, -0.15) is 0 Å². The Bertz CT molecular complexity index is 551. The molecule has 1 unspecified atom stereocenters. The van der Waals surface area contributed by atoms with Crippen LogP contribution in [0.25, 0.3) is 0 Å². The average Bonchev–Trinajstić information content (AvgIpc) is 2.38. The number of fused-ring (bicyclic) bond motifs is 1. The molecule has 0 spiro atoms. The van der Waals surface area contributed by atoms with Crippen molar-refractivity contribution in [2.75, 3.05) is 17.4 Å². The molecular formula is C14H22N2O2S. The SMILES string of the molecule is CCC(CN)S(=O)(=O)N1CCCc2cc(C)ccc21. The van der Waals surface area contributed by atoms with Gasteiger partial charge in [0.05, 0.1) is 10.9 Å². The van der Waals surface area contributed by atoms with Crippen molar-refractivity contribution >= 4 is 15.7 Å². The van der Waals surface area contributed by atoms with Gasteiger partial charge < -0.3 is 5.73 Å². The molecule has 0 saturated heterocycles. The number of rotatable bonds is 4. The zero-order valence-electron chi connectivity index (χ0n) is 11.6. The standard InChI is InChI=1S/C14H22N2O2S/c1-3-13(10-15)19(17,18)16-8-4-5-12-9-11(2)6-7-14(12)16/h6-7,9,13H,3-5,8,10,15H2,1-2H3. The Balaban J connectivity index is 2.44. The third kappa shape index (κ3) is 2.62. The van der Waals surface area contributed by atoms with Crippen molar-refractivity contribution in [3.05, 3.63) is 29.3 Å². The summed E-state index contributed by atoms with van der Waals surface area (Å²) >= 11 is 0. The van der Waals surface area contributed by atoms with E-state index in [0.717, 1.165) is 24.1 Å². The Labute approximate surface area is 115 Å². The summed E-state index contributed by atoms with van der Waals surface area (Å²) in [5.41, 5.74) is 8.75. The van der Waals surface area contributed by atoms with Gasteiger partial charge >= 0.3 is 0 Å². The summed E-state index contributed by atoms with van der Waals surface area (Å²) in [7, 11) is -3.34. The molecule has 1 aromatic rings. The number of aryl methyl sites for hydroxylation is 2. The van der Waals surface area contributed by atoms with Crippen LogP contribution in [0.5, 0.6) is 0 Å². The minimum absolute atomic E-state index is 0.177. The minimum Gasteiger partial charge on any atom is -0.329 e. The van der Waals surface area contributed by atoms with Gasteiger partial charge in [0.25, 0.3) is 0 Å². The Hall–Kier alpha value is -1.07. The minimum atomic E-state index is -3.34. The Morgan fingerprint density at radius 1 is 1.42 bits per heavy atom. The van der Waals surface area contributed by atoms with Gasteiger partial charge in [-0.05, 0) is 37.8 Å². The second kappa shape index (κ2) is 5.51. The Morgan fingerprint density at radius 3 is 2.79 bits per heavy atom. The zero-order chi connectivity index (χ0) is 14.0. The summed E-state index contributed by atoms with van der Waals surface area (Å²) in [4.78, 5) is 0. The number of hydrogen-bond donors (Lipinski definition) is 1. The van der Waals surface area contributed by atoms with E-state index in [-0.39, 0.29) is 6.54 Å². The summed E-state index contributed by atoms with van der Waals surface area (Å²) in [6, 6.07) is 5.97. The second-order valence-corrected chi connectivity index (χ2v) is 7.26. The molecule has 4 nitrogen and oxygen atoms in total. The maximum absolute atomic E-state index is 12.6. The van der Waals surface area contributed by atoms with Gasteiger partial charge in [-0.1, -0.05) is 24.6 Å². The van der Waals surface area contributed by atoms with E-state index in [1.54, 1.807) is 4.31 Å². The summed E-state index contributed by atoms with van der Waals surface area (Å²) in [5, 5.41) is -0.486. The summed E-state index contributed by atoms with van der Waals surface area (Å²) in [5.74, 6) is 0. The van der Waals surface area contributed by atoms with E-state index in [2.05, 4.69) is 6.07 Å². The first-order valence-corrected chi connectivity index (χ1v) is 8.32. The summed E-state index contributed by atoms with van der Waals surface area (Å²) < 4.78 is 26.8. The number of nitrogens with zero attached hydrogens (tertiary/aromatic N) is 1.